The molecular weight excluding hydrogens is 319 g/mol. The molecule has 4 nitrogen and oxygen atoms in total. The van der Waals surface area contributed by atoms with Crippen molar-refractivity contribution in [2.24, 2.45) is 0 Å². The number of sulfonamides is 1. The van der Waals surface area contributed by atoms with Gasteiger partial charge in [0, 0.05) is 10.0 Å². The zero-order chi connectivity index (χ0) is 14.8. The van der Waals surface area contributed by atoms with Crippen LogP contribution in [0.15, 0.2) is 47.4 Å². The minimum atomic E-state index is -3.75. The summed E-state index contributed by atoms with van der Waals surface area (Å²) in [4.78, 5) is 0.0487. The number of halogens is 2. The Hall–Kier alpha value is -1.74. The van der Waals surface area contributed by atoms with Gasteiger partial charge in [-0.15, -0.1) is 0 Å². The molecule has 20 heavy (non-hydrogen) atoms. The van der Waals surface area contributed by atoms with Crippen LogP contribution in [0.5, 0.6) is 0 Å². The average Bonchev–Trinajstić information content (AvgIpc) is 2.37. The van der Waals surface area contributed by atoms with E-state index in [-0.39, 0.29) is 10.6 Å². The smallest absolute Gasteiger partial charge is 0.261 e. The van der Waals surface area contributed by atoms with Crippen LogP contribution in [0, 0.1) is 11.3 Å². The zero-order valence-electron chi connectivity index (χ0n) is 9.97. The average molecular weight is 327 g/mol. The molecule has 1 N–H and O–H groups in total. The monoisotopic (exact) mass is 326 g/mol. The lowest BCUT2D eigenvalue weighted by Crippen LogP contribution is -2.12. The molecule has 0 atom stereocenters. The molecule has 0 fully saturated rings. The van der Waals surface area contributed by atoms with E-state index in [4.69, 9.17) is 28.5 Å². The Kier molecular flexibility index (Phi) is 4.19. The molecule has 0 radical (unpaired) electrons. The molecule has 0 heterocycles. The van der Waals surface area contributed by atoms with E-state index in [0.717, 1.165) is 0 Å². The van der Waals surface area contributed by atoms with Crippen LogP contribution in [0.25, 0.3) is 0 Å². The highest BCUT2D eigenvalue weighted by molar-refractivity contribution is 7.92. The number of hydrogen-bond donors (Lipinski definition) is 1. The van der Waals surface area contributed by atoms with Gasteiger partial charge in [0.05, 0.1) is 22.2 Å². The van der Waals surface area contributed by atoms with Crippen LogP contribution in [0.2, 0.25) is 10.0 Å². The molecule has 2 rings (SSSR count). The number of nitrogens with one attached hydrogen (secondary N) is 1. The number of rotatable bonds is 3. The van der Waals surface area contributed by atoms with E-state index < -0.39 is 10.0 Å². The molecule has 0 saturated carbocycles. The van der Waals surface area contributed by atoms with Crippen LogP contribution in [0.4, 0.5) is 5.69 Å². The maximum absolute atomic E-state index is 12.1. The van der Waals surface area contributed by atoms with E-state index in [1.165, 1.54) is 42.5 Å². The lowest BCUT2D eigenvalue weighted by Gasteiger charge is -2.09. The van der Waals surface area contributed by atoms with Crippen molar-refractivity contribution < 1.29 is 8.42 Å². The van der Waals surface area contributed by atoms with E-state index >= 15 is 0 Å². The fourth-order valence-corrected chi connectivity index (χ4v) is 3.10. The van der Waals surface area contributed by atoms with E-state index in [1.807, 2.05) is 6.07 Å². The van der Waals surface area contributed by atoms with Crippen LogP contribution in [0.3, 0.4) is 0 Å². The molecule has 0 amide bonds. The van der Waals surface area contributed by atoms with Crippen molar-refractivity contribution in [3.05, 3.63) is 58.1 Å². The summed E-state index contributed by atoms with van der Waals surface area (Å²) in [5, 5.41) is 9.34. The van der Waals surface area contributed by atoms with Crippen LogP contribution in [-0.2, 0) is 10.0 Å². The Labute approximate surface area is 126 Å². The van der Waals surface area contributed by atoms with Gasteiger partial charge in [-0.05, 0) is 42.5 Å². The Morgan fingerprint density at radius 1 is 1.00 bits per heavy atom. The molecular formula is C13H8Cl2N2O2S. The fourth-order valence-electron chi connectivity index (χ4n) is 1.54. The Morgan fingerprint density at radius 3 is 2.05 bits per heavy atom. The maximum atomic E-state index is 12.1. The Balaban J connectivity index is 2.33. The molecule has 7 heteroatoms. The largest absolute Gasteiger partial charge is 0.280 e. The van der Waals surface area contributed by atoms with Gasteiger partial charge in [-0.25, -0.2) is 8.42 Å². The molecule has 2 aromatic carbocycles. The van der Waals surface area contributed by atoms with Crippen molar-refractivity contribution in [3.63, 3.8) is 0 Å². The number of benzene rings is 2. The van der Waals surface area contributed by atoms with Gasteiger partial charge < -0.3 is 0 Å². The van der Waals surface area contributed by atoms with Crippen molar-refractivity contribution in [3.8, 4) is 6.07 Å². The number of nitriles is 1. The molecule has 2 aromatic rings. The second-order valence-electron chi connectivity index (χ2n) is 3.90. The van der Waals surface area contributed by atoms with Gasteiger partial charge in [0.2, 0.25) is 0 Å². The minimum absolute atomic E-state index is 0.0487. The van der Waals surface area contributed by atoms with Gasteiger partial charge in [-0.1, -0.05) is 23.2 Å². The number of nitrogens with zero attached hydrogens (tertiary/aromatic N) is 1. The van der Waals surface area contributed by atoms with Gasteiger partial charge in [0.1, 0.15) is 0 Å². The molecule has 0 aromatic heterocycles. The summed E-state index contributed by atoms with van der Waals surface area (Å²) in [7, 11) is -3.75. The standard InChI is InChI=1S/C13H8Cl2N2O2S/c14-10-5-11(15)7-12(6-10)17-20(18,19)13-3-1-9(8-16)2-4-13/h1-7,17H. The first-order chi connectivity index (χ1) is 9.40. The summed E-state index contributed by atoms with van der Waals surface area (Å²) in [6.07, 6.45) is 0. The van der Waals surface area contributed by atoms with Gasteiger partial charge in [0.15, 0.2) is 0 Å². The zero-order valence-corrected chi connectivity index (χ0v) is 12.3. The van der Waals surface area contributed by atoms with Gasteiger partial charge >= 0.3 is 0 Å². The first-order valence-electron chi connectivity index (χ1n) is 5.40. The van der Waals surface area contributed by atoms with Gasteiger partial charge in [-0.3, -0.25) is 4.72 Å². The molecule has 0 bridgehead atoms. The van der Waals surface area contributed by atoms with Crippen LogP contribution < -0.4 is 4.72 Å². The SMILES string of the molecule is N#Cc1ccc(S(=O)(=O)Nc2cc(Cl)cc(Cl)c2)cc1. The molecule has 102 valence electrons. The topological polar surface area (TPSA) is 70.0 Å². The molecule has 0 unspecified atom stereocenters. The van der Waals surface area contributed by atoms with Crippen molar-refractivity contribution in [2.45, 2.75) is 4.90 Å². The first-order valence-corrected chi connectivity index (χ1v) is 7.64. The second-order valence-corrected chi connectivity index (χ2v) is 6.46. The van der Waals surface area contributed by atoms with E-state index in [9.17, 15) is 8.42 Å². The quantitative estimate of drug-likeness (QED) is 0.935. The highest BCUT2D eigenvalue weighted by atomic mass is 35.5. The summed E-state index contributed by atoms with van der Waals surface area (Å²) < 4.78 is 26.7. The van der Waals surface area contributed by atoms with Gasteiger partial charge in [0.25, 0.3) is 10.0 Å². The summed E-state index contributed by atoms with van der Waals surface area (Å²) in [6.45, 7) is 0. The third-order valence-electron chi connectivity index (χ3n) is 2.41. The highest BCUT2D eigenvalue weighted by Crippen LogP contribution is 2.24. The summed E-state index contributed by atoms with van der Waals surface area (Å²) in [5.41, 5.74) is 0.654. The summed E-state index contributed by atoms with van der Waals surface area (Å²) in [5.74, 6) is 0. The van der Waals surface area contributed by atoms with E-state index in [0.29, 0.717) is 15.6 Å². The van der Waals surface area contributed by atoms with E-state index in [2.05, 4.69) is 4.72 Å². The molecule has 0 aliphatic rings. The first kappa shape index (κ1) is 14.7. The number of anilines is 1. The van der Waals surface area contributed by atoms with Gasteiger partial charge in [-0.2, -0.15) is 5.26 Å². The molecule has 0 spiro atoms. The second kappa shape index (κ2) is 5.71. The van der Waals surface area contributed by atoms with Crippen molar-refractivity contribution in [1.29, 1.82) is 5.26 Å². The predicted molar refractivity (Wildman–Crippen MR) is 78.4 cm³/mol. The van der Waals surface area contributed by atoms with E-state index in [1.54, 1.807) is 0 Å². The normalized spacial score (nSPS) is 10.8. The third-order valence-corrected chi connectivity index (χ3v) is 4.24. The lowest BCUT2D eigenvalue weighted by atomic mass is 10.2. The lowest BCUT2D eigenvalue weighted by molar-refractivity contribution is 0.601. The molecule has 0 aliphatic heterocycles. The predicted octanol–water partition coefficient (Wildman–Crippen LogP) is 3.67. The Morgan fingerprint density at radius 2 is 1.55 bits per heavy atom. The molecule has 0 saturated heterocycles. The van der Waals surface area contributed by atoms with Crippen LogP contribution >= 0.6 is 23.2 Å². The van der Waals surface area contributed by atoms with Crippen molar-refractivity contribution in [2.75, 3.05) is 4.72 Å². The molecule has 0 aliphatic carbocycles. The van der Waals surface area contributed by atoms with Crippen LogP contribution in [0.1, 0.15) is 5.56 Å². The fraction of sp³-hybridized carbons (Fsp3) is 0. The van der Waals surface area contributed by atoms with Crippen molar-refractivity contribution in [1.82, 2.24) is 0 Å². The highest BCUT2D eigenvalue weighted by Gasteiger charge is 2.14. The summed E-state index contributed by atoms with van der Waals surface area (Å²) >= 11 is 11.6. The van der Waals surface area contributed by atoms with Crippen molar-refractivity contribution >= 4 is 38.9 Å². The summed E-state index contributed by atoms with van der Waals surface area (Å²) in [6, 6.07) is 11.9. The Bertz CT molecular complexity index is 761. The third kappa shape index (κ3) is 3.42. The van der Waals surface area contributed by atoms with Crippen LogP contribution in [-0.4, -0.2) is 8.42 Å². The minimum Gasteiger partial charge on any atom is -0.280 e. The maximum Gasteiger partial charge on any atom is 0.261 e. The number of hydrogen-bond acceptors (Lipinski definition) is 3.